The van der Waals surface area contributed by atoms with Gasteiger partial charge in [-0.25, -0.2) is 0 Å². The number of rotatable bonds is 7. The number of amides is 1. The first kappa shape index (κ1) is 18.6. The summed E-state index contributed by atoms with van der Waals surface area (Å²) in [5.41, 5.74) is 2.48. The highest BCUT2D eigenvalue weighted by Gasteiger charge is 2.16. The Kier molecular flexibility index (Phi) is 6.38. The van der Waals surface area contributed by atoms with Gasteiger partial charge in [-0.3, -0.25) is 9.69 Å². The highest BCUT2D eigenvalue weighted by atomic mass is 16.5. The summed E-state index contributed by atoms with van der Waals surface area (Å²) in [7, 11) is 0. The zero-order valence-corrected chi connectivity index (χ0v) is 15.3. The molecule has 1 aromatic carbocycles. The van der Waals surface area contributed by atoms with Crippen molar-refractivity contribution >= 4 is 11.7 Å². The van der Waals surface area contributed by atoms with E-state index in [1.54, 1.807) is 13.0 Å². The number of carbonyl (C=O) groups is 1. The van der Waals surface area contributed by atoms with Crippen LogP contribution in [0.3, 0.4) is 0 Å². The van der Waals surface area contributed by atoms with Gasteiger partial charge < -0.3 is 19.9 Å². The standard InChI is InChI=1S/C19H26N4O3/c1-14-11-18(22-26-14)21-19(24)15(2)20-12-16-5-3-4-6-17(16)13-23-7-9-25-10-8-23/h3-6,11,15,20H,7-10,12-13H2,1-2H3,(H,21,22,24)/t15-/m1/s1. The molecule has 0 bridgehead atoms. The van der Waals surface area contributed by atoms with Crippen molar-refractivity contribution in [1.29, 1.82) is 0 Å². The Morgan fingerprint density at radius 2 is 2.00 bits per heavy atom. The molecule has 1 fully saturated rings. The molecule has 1 amide bonds. The van der Waals surface area contributed by atoms with Crippen molar-refractivity contribution in [3.05, 3.63) is 47.2 Å². The minimum absolute atomic E-state index is 0.135. The van der Waals surface area contributed by atoms with E-state index in [-0.39, 0.29) is 11.9 Å². The number of hydrogen-bond donors (Lipinski definition) is 2. The van der Waals surface area contributed by atoms with Gasteiger partial charge in [0.05, 0.1) is 19.3 Å². The average molecular weight is 358 g/mol. The lowest BCUT2D eigenvalue weighted by atomic mass is 10.1. The first-order chi connectivity index (χ1) is 12.6. The molecule has 1 atom stereocenters. The molecule has 2 aromatic rings. The molecule has 2 N–H and O–H groups in total. The third kappa shape index (κ3) is 5.14. The van der Waals surface area contributed by atoms with Crippen LogP contribution >= 0.6 is 0 Å². The Morgan fingerprint density at radius 1 is 1.27 bits per heavy atom. The van der Waals surface area contributed by atoms with Gasteiger partial charge in [0, 0.05) is 32.2 Å². The van der Waals surface area contributed by atoms with Crippen LogP contribution in [0.2, 0.25) is 0 Å². The van der Waals surface area contributed by atoms with E-state index in [2.05, 4.69) is 38.9 Å². The van der Waals surface area contributed by atoms with Crippen molar-refractivity contribution in [3.8, 4) is 0 Å². The second-order valence-electron chi connectivity index (χ2n) is 6.57. The Hall–Kier alpha value is -2.22. The Morgan fingerprint density at radius 3 is 2.69 bits per heavy atom. The summed E-state index contributed by atoms with van der Waals surface area (Å²) >= 11 is 0. The number of hydrogen-bond acceptors (Lipinski definition) is 6. The molecule has 140 valence electrons. The van der Waals surface area contributed by atoms with Crippen LogP contribution in [0.25, 0.3) is 0 Å². The molecule has 0 spiro atoms. The molecule has 1 aromatic heterocycles. The quantitative estimate of drug-likeness (QED) is 0.787. The van der Waals surface area contributed by atoms with E-state index in [9.17, 15) is 4.79 Å². The lowest BCUT2D eigenvalue weighted by Crippen LogP contribution is -2.38. The molecule has 7 nitrogen and oxygen atoms in total. The van der Waals surface area contributed by atoms with Crippen molar-refractivity contribution in [2.75, 3.05) is 31.6 Å². The van der Waals surface area contributed by atoms with Crippen LogP contribution in [0.5, 0.6) is 0 Å². The number of ether oxygens (including phenoxy) is 1. The van der Waals surface area contributed by atoms with E-state index >= 15 is 0 Å². The van der Waals surface area contributed by atoms with Crippen molar-refractivity contribution < 1.29 is 14.1 Å². The summed E-state index contributed by atoms with van der Waals surface area (Å²) in [6, 6.07) is 9.69. The SMILES string of the molecule is Cc1cc(NC(=O)[C@@H](C)NCc2ccccc2CN2CCOCC2)no1. The lowest BCUT2D eigenvalue weighted by Gasteiger charge is -2.27. The fraction of sp³-hybridized carbons (Fsp3) is 0.474. The van der Waals surface area contributed by atoms with Crippen LogP contribution in [0.1, 0.15) is 23.8 Å². The molecule has 7 heteroatoms. The van der Waals surface area contributed by atoms with Gasteiger partial charge >= 0.3 is 0 Å². The number of nitrogens with one attached hydrogen (secondary N) is 2. The monoisotopic (exact) mass is 358 g/mol. The van der Waals surface area contributed by atoms with Crippen LogP contribution in [0.15, 0.2) is 34.9 Å². The smallest absolute Gasteiger partial charge is 0.242 e. The maximum atomic E-state index is 12.3. The van der Waals surface area contributed by atoms with Crippen LogP contribution < -0.4 is 10.6 Å². The highest BCUT2D eigenvalue weighted by molar-refractivity contribution is 5.93. The van der Waals surface area contributed by atoms with Gasteiger partial charge in [0.15, 0.2) is 5.82 Å². The number of nitrogens with zero attached hydrogens (tertiary/aromatic N) is 2. The van der Waals surface area contributed by atoms with E-state index < -0.39 is 0 Å². The number of benzene rings is 1. The molecule has 0 radical (unpaired) electrons. The fourth-order valence-electron chi connectivity index (χ4n) is 2.90. The van der Waals surface area contributed by atoms with Crippen molar-refractivity contribution in [3.63, 3.8) is 0 Å². The summed E-state index contributed by atoms with van der Waals surface area (Å²) in [4.78, 5) is 14.7. The molecule has 26 heavy (non-hydrogen) atoms. The predicted octanol–water partition coefficient (Wildman–Crippen LogP) is 1.93. The predicted molar refractivity (Wildman–Crippen MR) is 98.7 cm³/mol. The largest absolute Gasteiger partial charge is 0.379 e. The summed E-state index contributed by atoms with van der Waals surface area (Å²) in [5.74, 6) is 0.968. The Balaban J connectivity index is 1.54. The topological polar surface area (TPSA) is 79.6 Å². The molecular weight excluding hydrogens is 332 g/mol. The number of morpholine rings is 1. The second-order valence-corrected chi connectivity index (χ2v) is 6.57. The van der Waals surface area contributed by atoms with Crippen molar-refractivity contribution in [2.45, 2.75) is 33.0 Å². The minimum atomic E-state index is -0.344. The Bertz CT molecular complexity index is 725. The second kappa shape index (κ2) is 8.93. The van der Waals surface area contributed by atoms with Crippen molar-refractivity contribution in [2.24, 2.45) is 0 Å². The van der Waals surface area contributed by atoms with Gasteiger partial charge in [-0.2, -0.15) is 0 Å². The van der Waals surface area contributed by atoms with Crippen LogP contribution in [-0.4, -0.2) is 48.3 Å². The summed E-state index contributed by atoms with van der Waals surface area (Å²) in [6.07, 6.45) is 0. The third-order valence-corrected chi connectivity index (χ3v) is 4.49. The fourth-order valence-corrected chi connectivity index (χ4v) is 2.90. The molecule has 0 unspecified atom stereocenters. The van der Waals surface area contributed by atoms with Crippen molar-refractivity contribution in [1.82, 2.24) is 15.4 Å². The maximum absolute atomic E-state index is 12.3. The van der Waals surface area contributed by atoms with Gasteiger partial charge in [0.25, 0.3) is 0 Å². The van der Waals surface area contributed by atoms with Gasteiger partial charge in [0.2, 0.25) is 5.91 Å². The summed E-state index contributed by atoms with van der Waals surface area (Å²) in [6.45, 7) is 8.66. The first-order valence-corrected chi connectivity index (χ1v) is 8.96. The molecule has 1 saturated heterocycles. The normalized spacial score (nSPS) is 16.4. The molecule has 3 rings (SSSR count). The maximum Gasteiger partial charge on any atom is 0.242 e. The number of anilines is 1. The molecule has 2 heterocycles. The molecule has 1 aliphatic heterocycles. The van der Waals surface area contributed by atoms with Crippen LogP contribution in [-0.2, 0) is 22.6 Å². The van der Waals surface area contributed by atoms with Gasteiger partial charge in [-0.15, -0.1) is 0 Å². The first-order valence-electron chi connectivity index (χ1n) is 8.96. The van der Waals surface area contributed by atoms with Gasteiger partial charge in [0.1, 0.15) is 5.76 Å². The van der Waals surface area contributed by atoms with E-state index in [4.69, 9.17) is 9.26 Å². The lowest BCUT2D eigenvalue weighted by molar-refractivity contribution is -0.117. The number of carbonyl (C=O) groups excluding carboxylic acids is 1. The summed E-state index contributed by atoms with van der Waals surface area (Å²) < 4.78 is 10.4. The molecular formula is C19H26N4O3. The van der Waals surface area contributed by atoms with Crippen LogP contribution in [0, 0.1) is 6.92 Å². The zero-order chi connectivity index (χ0) is 18.4. The van der Waals surface area contributed by atoms with Crippen LogP contribution in [0.4, 0.5) is 5.82 Å². The van der Waals surface area contributed by atoms with E-state index in [0.717, 1.165) is 32.8 Å². The number of aryl methyl sites for hydroxylation is 1. The van der Waals surface area contributed by atoms with E-state index in [1.165, 1.54) is 11.1 Å². The molecule has 0 aliphatic carbocycles. The number of aromatic nitrogens is 1. The van der Waals surface area contributed by atoms with E-state index in [0.29, 0.717) is 18.1 Å². The minimum Gasteiger partial charge on any atom is -0.379 e. The van der Waals surface area contributed by atoms with Gasteiger partial charge in [-0.05, 0) is 25.0 Å². The third-order valence-electron chi connectivity index (χ3n) is 4.49. The highest BCUT2D eigenvalue weighted by Crippen LogP contribution is 2.13. The Labute approximate surface area is 153 Å². The molecule has 0 saturated carbocycles. The van der Waals surface area contributed by atoms with Gasteiger partial charge in [-0.1, -0.05) is 29.4 Å². The van der Waals surface area contributed by atoms with E-state index in [1.807, 2.05) is 13.0 Å². The summed E-state index contributed by atoms with van der Waals surface area (Å²) in [5, 5.41) is 9.83. The molecule has 1 aliphatic rings. The zero-order valence-electron chi connectivity index (χ0n) is 15.3. The average Bonchev–Trinajstić information content (AvgIpc) is 3.06.